The number of amides is 1. The molecule has 0 spiro atoms. The van der Waals surface area contributed by atoms with Gasteiger partial charge in [-0.25, -0.2) is 4.68 Å². The molecule has 0 aliphatic heterocycles. The number of hydrogen-bond acceptors (Lipinski definition) is 5. The van der Waals surface area contributed by atoms with Gasteiger partial charge >= 0.3 is 0 Å². The molecular formula is C26H29N5O2. The Morgan fingerprint density at radius 3 is 2.52 bits per heavy atom. The summed E-state index contributed by atoms with van der Waals surface area (Å²) in [5, 5.41) is 15.8. The molecule has 0 aliphatic carbocycles. The van der Waals surface area contributed by atoms with Crippen LogP contribution in [0.2, 0.25) is 0 Å². The van der Waals surface area contributed by atoms with E-state index in [1.54, 1.807) is 6.92 Å². The second kappa shape index (κ2) is 9.81. The summed E-state index contributed by atoms with van der Waals surface area (Å²) >= 11 is 0. The van der Waals surface area contributed by atoms with Gasteiger partial charge in [-0.2, -0.15) is 5.10 Å². The van der Waals surface area contributed by atoms with Crippen LogP contribution in [0.15, 0.2) is 65.1 Å². The van der Waals surface area contributed by atoms with Crippen molar-refractivity contribution in [2.24, 2.45) is 0 Å². The summed E-state index contributed by atoms with van der Waals surface area (Å²) in [6, 6.07) is 19.8. The van der Waals surface area contributed by atoms with E-state index in [4.69, 9.17) is 9.52 Å². The molecule has 7 heteroatoms. The third-order valence-electron chi connectivity index (χ3n) is 5.51. The maximum Gasteiger partial charge on any atom is 0.268 e. The predicted molar refractivity (Wildman–Crippen MR) is 127 cm³/mol. The normalized spacial score (nSPS) is 12.2. The van der Waals surface area contributed by atoms with Crippen molar-refractivity contribution in [2.45, 2.75) is 52.5 Å². The zero-order valence-corrected chi connectivity index (χ0v) is 19.4. The van der Waals surface area contributed by atoms with Crippen LogP contribution in [-0.2, 0) is 6.42 Å². The SMILES string of the molecule is Cc1nnc(-c2cc(C(C)C)n(-c3cccc(C(=O)N[C@H](C)CCc4ccccc4)c3)n2)o1. The first kappa shape index (κ1) is 22.5. The van der Waals surface area contributed by atoms with Gasteiger partial charge in [-0.3, -0.25) is 4.79 Å². The van der Waals surface area contributed by atoms with Crippen LogP contribution in [0.4, 0.5) is 0 Å². The Morgan fingerprint density at radius 2 is 1.82 bits per heavy atom. The fraction of sp³-hybridized carbons (Fsp3) is 0.308. The van der Waals surface area contributed by atoms with Gasteiger partial charge in [-0.05, 0) is 55.5 Å². The van der Waals surface area contributed by atoms with Gasteiger partial charge in [0.05, 0.1) is 5.69 Å². The lowest BCUT2D eigenvalue weighted by molar-refractivity contribution is 0.0938. The fourth-order valence-corrected chi connectivity index (χ4v) is 3.70. The van der Waals surface area contributed by atoms with Crippen LogP contribution >= 0.6 is 0 Å². The number of nitrogens with zero attached hydrogens (tertiary/aromatic N) is 4. The topological polar surface area (TPSA) is 85.8 Å². The number of aromatic nitrogens is 4. The zero-order chi connectivity index (χ0) is 23.4. The van der Waals surface area contributed by atoms with Crippen molar-refractivity contribution in [1.29, 1.82) is 0 Å². The Bertz CT molecular complexity index is 1230. The highest BCUT2D eigenvalue weighted by atomic mass is 16.4. The molecule has 1 N–H and O–H groups in total. The van der Waals surface area contributed by atoms with E-state index in [0.717, 1.165) is 24.2 Å². The third kappa shape index (κ3) is 5.37. The lowest BCUT2D eigenvalue weighted by atomic mass is 10.1. The Morgan fingerprint density at radius 1 is 1.03 bits per heavy atom. The number of aryl methyl sites for hydroxylation is 2. The summed E-state index contributed by atoms with van der Waals surface area (Å²) in [6.07, 6.45) is 1.80. The molecule has 0 fully saturated rings. The molecular weight excluding hydrogens is 414 g/mol. The van der Waals surface area contributed by atoms with Gasteiger partial charge in [-0.15, -0.1) is 10.2 Å². The zero-order valence-electron chi connectivity index (χ0n) is 19.4. The Labute approximate surface area is 193 Å². The Balaban J connectivity index is 1.51. The number of nitrogens with one attached hydrogen (secondary N) is 1. The standard InChI is InChI=1S/C26H29N5O2/c1-17(2)24-16-23(26-29-28-19(4)33-26)30-31(24)22-12-8-11-21(15-22)25(32)27-18(3)13-14-20-9-6-5-7-10-20/h5-12,15-18H,13-14H2,1-4H3,(H,27,32)/t18-/m1/s1. The second-order valence-corrected chi connectivity index (χ2v) is 8.60. The van der Waals surface area contributed by atoms with Crippen LogP contribution in [-0.4, -0.2) is 31.9 Å². The molecule has 7 nitrogen and oxygen atoms in total. The van der Waals surface area contributed by atoms with Crippen molar-refractivity contribution in [3.63, 3.8) is 0 Å². The average molecular weight is 444 g/mol. The first-order chi connectivity index (χ1) is 15.9. The highest BCUT2D eigenvalue weighted by Crippen LogP contribution is 2.26. The molecule has 0 aliphatic rings. The number of benzene rings is 2. The number of carbonyl (C=O) groups is 1. The van der Waals surface area contributed by atoms with Crippen LogP contribution in [0.3, 0.4) is 0 Å². The smallest absolute Gasteiger partial charge is 0.268 e. The lowest BCUT2D eigenvalue weighted by Crippen LogP contribution is -2.33. The minimum absolute atomic E-state index is 0.0599. The monoisotopic (exact) mass is 443 g/mol. The van der Waals surface area contributed by atoms with E-state index in [1.807, 2.05) is 60.1 Å². The Kier molecular flexibility index (Phi) is 6.68. The summed E-state index contributed by atoms with van der Waals surface area (Å²) in [4.78, 5) is 12.9. The minimum Gasteiger partial charge on any atom is -0.420 e. The third-order valence-corrected chi connectivity index (χ3v) is 5.51. The summed E-state index contributed by atoms with van der Waals surface area (Å²) < 4.78 is 7.39. The highest BCUT2D eigenvalue weighted by molar-refractivity contribution is 5.94. The van der Waals surface area contributed by atoms with Crippen molar-refractivity contribution >= 4 is 5.91 Å². The molecule has 0 bridgehead atoms. The van der Waals surface area contributed by atoms with Crippen molar-refractivity contribution in [3.05, 3.63) is 83.4 Å². The maximum atomic E-state index is 12.9. The first-order valence-corrected chi connectivity index (χ1v) is 11.3. The van der Waals surface area contributed by atoms with E-state index < -0.39 is 0 Å². The predicted octanol–water partition coefficient (Wildman–Crippen LogP) is 5.11. The van der Waals surface area contributed by atoms with Gasteiger partial charge in [-0.1, -0.05) is 50.2 Å². The average Bonchev–Trinajstić information content (AvgIpc) is 3.45. The largest absolute Gasteiger partial charge is 0.420 e. The number of hydrogen-bond donors (Lipinski definition) is 1. The first-order valence-electron chi connectivity index (χ1n) is 11.3. The van der Waals surface area contributed by atoms with Gasteiger partial charge in [0.15, 0.2) is 0 Å². The molecule has 2 heterocycles. The molecule has 4 rings (SSSR count). The fourth-order valence-electron chi connectivity index (χ4n) is 3.70. The quantitative estimate of drug-likeness (QED) is 0.409. The van der Waals surface area contributed by atoms with E-state index in [0.29, 0.717) is 23.0 Å². The van der Waals surface area contributed by atoms with Gasteiger partial charge in [0.25, 0.3) is 11.8 Å². The molecule has 0 unspecified atom stereocenters. The van der Waals surface area contributed by atoms with Crippen LogP contribution in [0.5, 0.6) is 0 Å². The molecule has 0 saturated heterocycles. The van der Waals surface area contributed by atoms with Gasteiger partial charge < -0.3 is 9.73 Å². The lowest BCUT2D eigenvalue weighted by Gasteiger charge is -2.15. The van der Waals surface area contributed by atoms with Gasteiger partial charge in [0.2, 0.25) is 5.89 Å². The van der Waals surface area contributed by atoms with Crippen LogP contribution in [0, 0.1) is 6.92 Å². The number of rotatable bonds is 8. The van der Waals surface area contributed by atoms with E-state index in [9.17, 15) is 4.79 Å². The maximum absolute atomic E-state index is 12.9. The van der Waals surface area contributed by atoms with E-state index in [1.165, 1.54) is 5.56 Å². The molecule has 1 atom stereocenters. The molecule has 1 amide bonds. The molecule has 4 aromatic rings. The molecule has 2 aromatic carbocycles. The summed E-state index contributed by atoms with van der Waals surface area (Å²) in [5.74, 6) is 0.995. The van der Waals surface area contributed by atoms with Crippen molar-refractivity contribution in [3.8, 4) is 17.3 Å². The van der Waals surface area contributed by atoms with Gasteiger partial charge in [0, 0.05) is 24.2 Å². The van der Waals surface area contributed by atoms with Crippen molar-refractivity contribution in [1.82, 2.24) is 25.3 Å². The van der Waals surface area contributed by atoms with Crippen LogP contribution in [0.1, 0.15) is 60.6 Å². The Hall–Kier alpha value is -3.74. The second-order valence-electron chi connectivity index (χ2n) is 8.60. The van der Waals surface area contributed by atoms with E-state index >= 15 is 0 Å². The van der Waals surface area contributed by atoms with Crippen LogP contribution in [0.25, 0.3) is 17.3 Å². The molecule has 0 radical (unpaired) electrons. The number of carbonyl (C=O) groups excluding carboxylic acids is 1. The summed E-state index contributed by atoms with van der Waals surface area (Å²) in [6.45, 7) is 7.98. The molecule has 2 aromatic heterocycles. The van der Waals surface area contributed by atoms with E-state index in [-0.39, 0.29) is 17.9 Å². The van der Waals surface area contributed by atoms with Crippen LogP contribution < -0.4 is 5.32 Å². The summed E-state index contributed by atoms with van der Waals surface area (Å²) in [5.41, 5.74) is 4.29. The summed E-state index contributed by atoms with van der Waals surface area (Å²) in [7, 11) is 0. The highest BCUT2D eigenvalue weighted by Gasteiger charge is 2.18. The van der Waals surface area contributed by atoms with Crippen molar-refractivity contribution in [2.75, 3.05) is 0 Å². The minimum atomic E-state index is -0.0941. The van der Waals surface area contributed by atoms with Gasteiger partial charge in [0.1, 0.15) is 5.69 Å². The molecule has 170 valence electrons. The van der Waals surface area contributed by atoms with E-state index in [2.05, 4.69) is 41.5 Å². The molecule has 33 heavy (non-hydrogen) atoms. The molecule has 0 saturated carbocycles. The van der Waals surface area contributed by atoms with Crippen molar-refractivity contribution < 1.29 is 9.21 Å².